The van der Waals surface area contributed by atoms with Crippen LogP contribution < -0.4 is 15.4 Å². The predicted molar refractivity (Wildman–Crippen MR) is 145 cm³/mol. The number of aliphatic hydroxyl groups is 1. The molecule has 2 atom stereocenters. The van der Waals surface area contributed by atoms with Crippen molar-refractivity contribution in [2.45, 2.75) is 64.0 Å². The van der Waals surface area contributed by atoms with Crippen LogP contribution in [0.25, 0.3) is 5.69 Å². The number of anilines is 1. The number of aromatic nitrogens is 2. The van der Waals surface area contributed by atoms with Crippen molar-refractivity contribution < 1.29 is 28.2 Å². The summed E-state index contributed by atoms with van der Waals surface area (Å²) in [6, 6.07) is 8.80. The molecule has 0 radical (unpaired) electrons. The maximum atomic E-state index is 13.9. The van der Waals surface area contributed by atoms with Crippen LogP contribution in [0.4, 0.5) is 19.4 Å². The number of benzene rings is 1. The number of amides is 2. The molecule has 39 heavy (non-hydrogen) atoms. The number of ether oxygens (including phenoxy) is 2. The van der Waals surface area contributed by atoms with Crippen molar-refractivity contribution >= 4 is 11.8 Å². The van der Waals surface area contributed by atoms with Gasteiger partial charge in [0.2, 0.25) is 11.8 Å². The normalized spacial score (nSPS) is 22.1. The fourth-order valence-corrected chi connectivity index (χ4v) is 5.51. The zero-order chi connectivity index (χ0) is 28.2. The first-order valence-electron chi connectivity index (χ1n) is 13.6. The molecule has 1 aromatic carbocycles. The van der Waals surface area contributed by atoms with Gasteiger partial charge < -0.3 is 19.9 Å². The van der Waals surface area contributed by atoms with E-state index in [0.717, 1.165) is 18.8 Å². The monoisotopic (exact) mass is 549 g/mol. The van der Waals surface area contributed by atoms with E-state index in [-0.39, 0.29) is 37.3 Å². The Kier molecular flexibility index (Phi) is 9.13. The maximum absolute atomic E-state index is 13.9. The lowest BCUT2D eigenvalue weighted by Crippen LogP contribution is -2.46. The third-order valence-electron chi connectivity index (χ3n) is 7.61. The summed E-state index contributed by atoms with van der Waals surface area (Å²) in [4.78, 5) is 15.6. The minimum absolute atomic E-state index is 0.0345. The minimum atomic E-state index is -2.59. The molecule has 2 fully saturated rings. The van der Waals surface area contributed by atoms with Crippen LogP contribution in [-0.4, -0.2) is 83.3 Å². The van der Waals surface area contributed by atoms with Crippen LogP contribution in [0, 0.1) is 18.8 Å². The fraction of sp³-hybridized carbons (Fsp3) is 0.643. The molecule has 9 nitrogen and oxygen atoms in total. The first-order chi connectivity index (χ1) is 18.5. The number of urea groups is 1. The number of methoxy groups -OCH3 is 1. The Balaban J connectivity index is 1.51. The van der Waals surface area contributed by atoms with Crippen molar-refractivity contribution in [1.29, 1.82) is 0 Å². The third kappa shape index (κ3) is 7.67. The van der Waals surface area contributed by atoms with Gasteiger partial charge in [0.15, 0.2) is 0 Å². The molecule has 1 saturated carbocycles. The molecule has 2 amide bonds. The van der Waals surface area contributed by atoms with Gasteiger partial charge in [0.1, 0.15) is 12.4 Å². The molecule has 2 aliphatic rings. The fourth-order valence-electron chi connectivity index (χ4n) is 5.51. The van der Waals surface area contributed by atoms with E-state index in [1.54, 1.807) is 32.6 Å². The maximum Gasteiger partial charge on any atom is 0.320 e. The molecule has 0 bridgehead atoms. The number of nitrogens with zero attached hydrogens (tertiary/aromatic N) is 3. The van der Waals surface area contributed by atoms with Gasteiger partial charge >= 0.3 is 6.03 Å². The van der Waals surface area contributed by atoms with E-state index in [1.807, 2.05) is 30.3 Å². The molecular weight excluding hydrogens is 508 g/mol. The van der Waals surface area contributed by atoms with Gasteiger partial charge in [0.05, 0.1) is 23.5 Å². The highest BCUT2D eigenvalue weighted by molar-refractivity contribution is 5.90. The number of rotatable bonds is 10. The van der Waals surface area contributed by atoms with Crippen molar-refractivity contribution in [3.8, 4) is 11.6 Å². The highest BCUT2D eigenvalue weighted by Crippen LogP contribution is 2.41. The number of halogens is 2. The summed E-state index contributed by atoms with van der Waals surface area (Å²) in [6.07, 6.45) is 0.705. The second-order valence-electron chi connectivity index (χ2n) is 11.4. The van der Waals surface area contributed by atoms with E-state index in [9.17, 15) is 18.7 Å². The van der Waals surface area contributed by atoms with Crippen LogP contribution >= 0.6 is 0 Å². The van der Waals surface area contributed by atoms with Crippen molar-refractivity contribution in [2.24, 2.45) is 11.8 Å². The van der Waals surface area contributed by atoms with Crippen molar-refractivity contribution in [2.75, 3.05) is 45.3 Å². The molecule has 11 heteroatoms. The van der Waals surface area contributed by atoms with E-state index in [2.05, 4.69) is 20.6 Å². The Labute approximate surface area is 228 Å². The number of hydrogen-bond donors (Lipinski definition) is 3. The highest BCUT2D eigenvalue weighted by Gasteiger charge is 2.43. The van der Waals surface area contributed by atoms with E-state index in [4.69, 9.17) is 9.47 Å². The second kappa shape index (κ2) is 12.2. The Morgan fingerprint density at radius 3 is 2.54 bits per heavy atom. The Morgan fingerprint density at radius 2 is 1.90 bits per heavy atom. The molecule has 0 unspecified atom stereocenters. The molecule has 1 saturated heterocycles. The summed E-state index contributed by atoms with van der Waals surface area (Å²) in [6.45, 7) is 7.77. The molecular formula is C28H41F2N5O4. The number of nitrogens with one attached hydrogen (secondary N) is 2. The van der Waals surface area contributed by atoms with Crippen LogP contribution in [0.5, 0.6) is 5.88 Å². The van der Waals surface area contributed by atoms with E-state index < -0.39 is 17.6 Å². The van der Waals surface area contributed by atoms with Gasteiger partial charge in [-0.1, -0.05) is 18.2 Å². The van der Waals surface area contributed by atoms with Crippen LogP contribution in [-0.2, 0) is 4.74 Å². The quantitative estimate of drug-likeness (QED) is 0.410. The van der Waals surface area contributed by atoms with Crippen LogP contribution in [0.15, 0.2) is 30.3 Å². The van der Waals surface area contributed by atoms with Gasteiger partial charge in [-0.05, 0) is 57.6 Å². The Morgan fingerprint density at radius 1 is 1.21 bits per heavy atom. The summed E-state index contributed by atoms with van der Waals surface area (Å²) in [5.74, 6) is -1.63. The zero-order valence-corrected chi connectivity index (χ0v) is 23.3. The largest absolute Gasteiger partial charge is 0.473 e. The lowest BCUT2D eigenvalue weighted by molar-refractivity contribution is -0.0527. The van der Waals surface area contributed by atoms with Gasteiger partial charge in [-0.25, -0.2) is 18.3 Å². The molecule has 4 rings (SSSR count). The number of carbonyl (C=O) groups excluding carboxylic acids is 1. The Hall–Kier alpha value is -2.76. The second-order valence-corrected chi connectivity index (χ2v) is 11.4. The number of para-hydroxylation sites is 1. The Bertz CT molecular complexity index is 1100. The number of hydrogen-bond acceptors (Lipinski definition) is 6. The molecule has 1 aliphatic carbocycles. The lowest BCUT2D eigenvalue weighted by atomic mass is 9.76. The number of carbonyl (C=O) groups is 1. The lowest BCUT2D eigenvalue weighted by Gasteiger charge is -2.34. The van der Waals surface area contributed by atoms with Gasteiger partial charge in [-0.15, -0.1) is 5.10 Å². The van der Waals surface area contributed by atoms with Crippen LogP contribution in [0.2, 0.25) is 0 Å². The van der Waals surface area contributed by atoms with Gasteiger partial charge in [0.25, 0.3) is 0 Å². The average molecular weight is 550 g/mol. The smallest absolute Gasteiger partial charge is 0.320 e. The predicted octanol–water partition coefficient (Wildman–Crippen LogP) is 4.22. The zero-order valence-electron chi connectivity index (χ0n) is 23.3. The van der Waals surface area contributed by atoms with Gasteiger partial charge in [0, 0.05) is 45.6 Å². The SMILES string of the molecule is COCCN1C[C@@H](NC(=O)Nc2c(C)c(OCC(C)(C)O)nn2-c2ccccc2)[C@H](C2CCC(F)(F)CC2)C1. The van der Waals surface area contributed by atoms with E-state index in [0.29, 0.717) is 43.3 Å². The molecule has 216 valence electrons. The van der Waals surface area contributed by atoms with E-state index >= 15 is 0 Å². The minimum Gasteiger partial charge on any atom is -0.473 e. The summed E-state index contributed by atoms with van der Waals surface area (Å²) < 4.78 is 40.3. The van der Waals surface area contributed by atoms with Crippen molar-refractivity contribution in [1.82, 2.24) is 20.0 Å². The number of likely N-dealkylation sites (tertiary alicyclic amines) is 1. The summed E-state index contributed by atoms with van der Waals surface area (Å²) >= 11 is 0. The first kappa shape index (κ1) is 29.2. The van der Waals surface area contributed by atoms with Gasteiger partial charge in [-0.2, -0.15) is 0 Å². The van der Waals surface area contributed by atoms with Crippen molar-refractivity contribution in [3.63, 3.8) is 0 Å². The summed E-state index contributed by atoms with van der Waals surface area (Å²) in [5, 5.41) is 20.8. The first-order valence-corrected chi connectivity index (χ1v) is 13.6. The topological polar surface area (TPSA) is 101 Å². The van der Waals surface area contributed by atoms with Crippen LogP contribution in [0.3, 0.4) is 0 Å². The van der Waals surface area contributed by atoms with Crippen LogP contribution in [0.1, 0.15) is 45.1 Å². The molecule has 0 spiro atoms. The molecule has 2 aromatic rings. The summed E-state index contributed by atoms with van der Waals surface area (Å²) in [7, 11) is 1.65. The summed E-state index contributed by atoms with van der Waals surface area (Å²) in [5.41, 5.74) is 0.308. The van der Waals surface area contributed by atoms with Gasteiger partial charge in [-0.3, -0.25) is 10.2 Å². The standard InChI is InChI=1S/C28H41F2N5O4/c1-19-24(35(21-8-6-5-7-9-21)33-25(19)39-18-27(2,3)37)32-26(36)31-23-17-34(14-15-38-4)16-22(23)20-10-12-28(29,30)13-11-20/h5-9,20,22-23,37H,10-18H2,1-4H3,(H2,31,32,36)/t22-,23+/m0/s1. The molecule has 3 N–H and O–H groups in total. The third-order valence-corrected chi connectivity index (χ3v) is 7.61. The number of alkyl halides is 2. The average Bonchev–Trinajstić information content (AvgIpc) is 3.42. The highest BCUT2D eigenvalue weighted by atomic mass is 19.3. The van der Waals surface area contributed by atoms with E-state index in [1.165, 1.54) is 0 Å². The molecule has 1 aromatic heterocycles. The molecule has 1 aliphatic heterocycles. The van der Waals surface area contributed by atoms with Crippen molar-refractivity contribution in [3.05, 3.63) is 35.9 Å². The molecule has 2 heterocycles.